The van der Waals surface area contributed by atoms with Crippen LogP contribution in [0.25, 0.3) is 0 Å². The number of carbonyl (C=O) groups excluding carboxylic acids is 3. The molecule has 4 fully saturated rings. The van der Waals surface area contributed by atoms with Crippen LogP contribution < -0.4 is 0 Å². The largest absolute Gasteiger partial charge is 0.472 e. The molecule has 3 heterocycles. The molecule has 1 N–H and O–H groups in total. The maximum Gasteiger partial charge on any atom is 0.346 e. The SMILES string of the molecule is COC(=O)[C@]1(O)C(=O)CC[C@@H]2C34C[C@@H](c5ccoc5)O[C@@H]3O[C@H](OC(=O)c3ccccc3)[C@@]21CC[C@H]4C. The van der Waals surface area contributed by atoms with Crippen LogP contribution in [0.4, 0.5) is 0 Å². The fourth-order valence-corrected chi connectivity index (χ4v) is 7.70. The first-order valence-corrected chi connectivity index (χ1v) is 12.7. The van der Waals surface area contributed by atoms with E-state index in [2.05, 4.69) is 6.92 Å². The molecule has 2 bridgehead atoms. The van der Waals surface area contributed by atoms with E-state index in [0.717, 1.165) is 12.7 Å². The predicted molar refractivity (Wildman–Crippen MR) is 126 cm³/mol. The van der Waals surface area contributed by atoms with Crippen LogP contribution in [0.1, 0.15) is 61.1 Å². The summed E-state index contributed by atoms with van der Waals surface area (Å²) in [5.74, 6) is -2.70. The third kappa shape index (κ3) is 3.11. The van der Waals surface area contributed by atoms with Gasteiger partial charge in [-0.25, -0.2) is 9.59 Å². The highest BCUT2D eigenvalue weighted by atomic mass is 16.8. The molecule has 1 spiro atoms. The maximum absolute atomic E-state index is 13.4. The smallest absolute Gasteiger partial charge is 0.346 e. The van der Waals surface area contributed by atoms with Crippen molar-refractivity contribution in [1.82, 2.24) is 0 Å². The van der Waals surface area contributed by atoms with Gasteiger partial charge in [-0.15, -0.1) is 0 Å². The maximum atomic E-state index is 13.4. The van der Waals surface area contributed by atoms with Crippen molar-refractivity contribution in [2.24, 2.45) is 22.7 Å². The second-order valence-corrected chi connectivity index (χ2v) is 10.8. The summed E-state index contributed by atoms with van der Waals surface area (Å²) in [5, 5.41) is 12.1. The van der Waals surface area contributed by atoms with E-state index in [1.54, 1.807) is 42.9 Å². The molecule has 2 aliphatic carbocycles. The fraction of sp³-hybridized carbons (Fsp3) is 0.536. The van der Waals surface area contributed by atoms with E-state index in [1.165, 1.54) is 0 Å². The van der Waals surface area contributed by atoms with Gasteiger partial charge in [-0.3, -0.25) is 4.79 Å². The molecule has 2 saturated heterocycles. The van der Waals surface area contributed by atoms with E-state index in [-0.39, 0.29) is 30.4 Å². The third-order valence-corrected chi connectivity index (χ3v) is 9.47. The van der Waals surface area contributed by atoms with Crippen molar-refractivity contribution in [3.05, 3.63) is 60.1 Å². The molecular formula is C28H30O9. The summed E-state index contributed by atoms with van der Waals surface area (Å²) in [5.41, 5.74) is -3.55. The zero-order valence-electron chi connectivity index (χ0n) is 20.8. The molecule has 4 aliphatic rings. The Labute approximate surface area is 214 Å². The predicted octanol–water partition coefficient (Wildman–Crippen LogP) is 3.57. The first-order valence-electron chi connectivity index (χ1n) is 12.7. The minimum Gasteiger partial charge on any atom is -0.472 e. The second kappa shape index (κ2) is 8.51. The standard InChI is InChI=1S/C28H30O9/c1-16-10-12-27-20(8-9-21(29)28(27,32)23(31)33-2)26(16)14-19(18-11-13-34-15-18)35-24(26)37-25(27)36-22(30)17-6-4-3-5-7-17/h3-7,11,13,15-16,19-20,24-25,32H,8-10,12,14H2,1-2H3/t16-,19+,20-,24-,25+,26?,27-,28-/m1/s1. The van der Waals surface area contributed by atoms with Gasteiger partial charge < -0.3 is 28.5 Å². The van der Waals surface area contributed by atoms with Crippen molar-refractivity contribution in [1.29, 1.82) is 0 Å². The quantitative estimate of drug-likeness (QED) is 0.486. The number of esters is 2. The lowest BCUT2D eigenvalue weighted by Crippen LogP contribution is -2.78. The Morgan fingerprint density at radius 3 is 2.59 bits per heavy atom. The lowest BCUT2D eigenvalue weighted by atomic mass is 9.40. The molecule has 0 amide bonds. The average Bonchev–Trinajstić information content (AvgIpc) is 3.57. The number of rotatable bonds is 4. The topological polar surface area (TPSA) is 122 Å². The molecule has 9 heteroatoms. The van der Waals surface area contributed by atoms with Crippen molar-refractivity contribution in [2.45, 2.75) is 63.3 Å². The van der Waals surface area contributed by atoms with Crippen molar-refractivity contribution < 1.29 is 42.9 Å². The second-order valence-electron chi connectivity index (χ2n) is 10.8. The normalized spacial score (nSPS) is 40.4. The minimum atomic E-state index is -2.53. The van der Waals surface area contributed by atoms with E-state index in [4.69, 9.17) is 23.4 Å². The van der Waals surface area contributed by atoms with Gasteiger partial charge in [0, 0.05) is 17.4 Å². The Morgan fingerprint density at radius 1 is 1.11 bits per heavy atom. The lowest BCUT2D eigenvalue weighted by molar-refractivity contribution is -0.390. The molecule has 1 unspecified atom stereocenters. The van der Waals surface area contributed by atoms with E-state index in [1.807, 2.05) is 6.07 Å². The summed E-state index contributed by atoms with van der Waals surface area (Å²) >= 11 is 0. The lowest BCUT2D eigenvalue weighted by Gasteiger charge is -2.67. The van der Waals surface area contributed by atoms with Crippen molar-refractivity contribution >= 4 is 17.7 Å². The Kier molecular flexibility index (Phi) is 5.60. The molecular weight excluding hydrogens is 480 g/mol. The number of carbonyl (C=O) groups is 3. The van der Waals surface area contributed by atoms with Gasteiger partial charge in [0.25, 0.3) is 0 Å². The number of hydrogen-bond acceptors (Lipinski definition) is 9. The van der Waals surface area contributed by atoms with E-state index in [0.29, 0.717) is 19.3 Å². The highest BCUT2D eigenvalue weighted by molar-refractivity contribution is 6.09. The summed E-state index contributed by atoms with van der Waals surface area (Å²) in [6.07, 6.45) is 2.44. The average molecular weight is 511 g/mol. The minimum absolute atomic E-state index is 0.00502. The van der Waals surface area contributed by atoms with Gasteiger partial charge in [-0.2, -0.15) is 0 Å². The number of ketones is 1. The van der Waals surface area contributed by atoms with Gasteiger partial charge >= 0.3 is 11.9 Å². The van der Waals surface area contributed by atoms with Crippen LogP contribution in [0.15, 0.2) is 53.3 Å². The molecule has 2 aliphatic heterocycles. The molecule has 2 aromatic rings. The third-order valence-electron chi connectivity index (χ3n) is 9.47. The molecule has 37 heavy (non-hydrogen) atoms. The molecule has 1 aromatic carbocycles. The van der Waals surface area contributed by atoms with Crippen LogP contribution in [-0.2, 0) is 28.5 Å². The summed E-state index contributed by atoms with van der Waals surface area (Å²) in [6.45, 7) is 2.12. The Bertz CT molecular complexity index is 1200. The molecule has 6 rings (SSSR count). The number of furan rings is 1. The van der Waals surface area contributed by atoms with Gasteiger partial charge in [0.1, 0.15) is 0 Å². The summed E-state index contributed by atoms with van der Waals surface area (Å²) < 4.78 is 29.1. The van der Waals surface area contributed by atoms with Crippen LogP contribution in [-0.4, -0.2) is 48.1 Å². The monoisotopic (exact) mass is 510 g/mol. The van der Waals surface area contributed by atoms with Gasteiger partial charge in [-0.05, 0) is 55.7 Å². The summed E-state index contributed by atoms with van der Waals surface area (Å²) in [6, 6.07) is 10.2. The number of benzene rings is 1. The number of methoxy groups -OCH3 is 1. The van der Waals surface area contributed by atoms with E-state index >= 15 is 0 Å². The number of hydrogen-bond donors (Lipinski definition) is 1. The van der Waals surface area contributed by atoms with Gasteiger partial charge in [0.2, 0.25) is 11.9 Å². The van der Waals surface area contributed by atoms with Crippen LogP contribution in [0, 0.1) is 22.7 Å². The molecule has 0 radical (unpaired) electrons. The van der Waals surface area contributed by atoms with Gasteiger partial charge in [0.05, 0.1) is 36.7 Å². The van der Waals surface area contributed by atoms with Crippen LogP contribution in [0.2, 0.25) is 0 Å². The highest BCUT2D eigenvalue weighted by Crippen LogP contribution is 2.73. The molecule has 9 nitrogen and oxygen atoms in total. The van der Waals surface area contributed by atoms with Crippen LogP contribution in [0.5, 0.6) is 0 Å². The van der Waals surface area contributed by atoms with Crippen LogP contribution in [0.3, 0.4) is 0 Å². The number of aliphatic hydroxyl groups is 1. The molecule has 1 aromatic heterocycles. The Balaban J connectivity index is 1.50. The van der Waals surface area contributed by atoms with E-state index in [9.17, 15) is 19.5 Å². The van der Waals surface area contributed by atoms with Crippen molar-refractivity contribution in [3.8, 4) is 0 Å². The van der Waals surface area contributed by atoms with Gasteiger partial charge in [0.15, 0.2) is 12.1 Å². The highest BCUT2D eigenvalue weighted by Gasteiger charge is 2.81. The molecule has 2 saturated carbocycles. The zero-order valence-corrected chi connectivity index (χ0v) is 20.8. The number of ether oxygens (including phenoxy) is 4. The van der Waals surface area contributed by atoms with E-state index < -0.39 is 52.7 Å². The van der Waals surface area contributed by atoms with Crippen molar-refractivity contribution in [3.63, 3.8) is 0 Å². The fourth-order valence-electron chi connectivity index (χ4n) is 7.70. The first kappa shape index (κ1) is 24.3. The summed E-state index contributed by atoms with van der Waals surface area (Å²) in [7, 11) is 1.14. The molecule has 196 valence electrons. The Hall–Kier alpha value is -3.01. The molecule has 8 atom stereocenters. The Morgan fingerprint density at radius 2 is 1.89 bits per heavy atom. The zero-order chi connectivity index (χ0) is 26.0. The summed E-state index contributed by atoms with van der Waals surface area (Å²) in [4.78, 5) is 39.9. The first-order chi connectivity index (χ1) is 17.8. The number of Topliss-reactive ketones (excluding diaryl/α,β-unsaturated/α-hetero) is 1. The van der Waals surface area contributed by atoms with Gasteiger partial charge in [-0.1, -0.05) is 25.1 Å². The van der Waals surface area contributed by atoms with Crippen molar-refractivity contribution in [2.75, 3.05) is 7.11 Å². The van der Waals surface area contributed by atoms with Crippen LogP contribution >= 0.6 is 0 Å².